The van der Waals surface area contributed by atoms with E-state index < -0.39 is 0 Å². The number of carbonyl (C=O) groups is 1. The number of amides is 1. The maximum atomic E-state index is 11.9. The van der Waals surface area contributed by atoms with Crippen molar-refractivity contribution in [2.24, 2.45) is 11.3 Å². The van der Waals surface area contributed by atoms with Crippen LogP contribution >= 0.6 is 0 Å². The largest absolute Gasteiger partial charge is 0.320 e. The van der Waals surface area contributed by atoms with E-state index in [1.165, 1.54) is 32.1 Å². The number of hydrogen-bond acceptors (Lipinski definition) is 1. The summed E-state index contributed by atoms with van der Waals surface area (Å²) in [6.07, 6.45) is 11.2. The molecule has 1 heterocycles. The van der Waals surface area contributed by atoms with Gasteiger partial charge in [-0.15, -0.1) is 0 Å². The lowest BCUT2D eigenvalue weighted by Crippen LogP contribution is -2.26. The molecule has 0 aromatic heterocycles. The molecule has 1 rings (SSSR count). The average molecular weight is 265 g/mol. The Morgan fingerprint density at radius 2 is 2.05 bits per heavy atom. The summed E-state index contributed by atoms with van der Waals surface area (Å²) >= 11 is 0. The Labute approximate surface area is 119 Å². The first-order valence-corrected chi connectivity index (χ1v) is 7.93. The van der Waals surface area contributed by atoms with E-state index in [1.807, 2.05) is 0 Å². The summed E-state index contributed by atoms with van der Waals surface area (Å²) < 4.78 is 0. The topological polar surface area (TPSA) is 20.3 Å². The number of unbranched alkanes of at least 4 members (excludes halogenated alkanes) is 3. The molecule has 0 aromatic rings. The minimum absolute atomic E-state index is 0.249. The van der Waals surface area contributed by atoms with Crippen LogP contribution in [0.25, 0.3) is 0 Å². The van der Waals surface area contributed by atoms with Crippen molar-refractivity contribution < 1.29 is 4.79 Å². The standard InChI is InChI=1S/C17H31NO/c1-5-7-8-9-13-17(3,4)15-10-11-16(19)18(6-2)14-12-15/h6,15H,2,5,7-14H2,1,3-4H3. The number of hydrogen-bond donors (Lipinski definition) is 0. The molecule has 0 bridgehead atoms. The number of likely N-dealkylation sites (tertiary alicyclic amines) is 1. The third-order valence-electron chi connectivity index (χ3n) is 4.75. The highest BCUT2D eigenvalue weighted by Gasteiger charge is 2.32. The van der Waals surface area contributed by atoms with Crippen molar-refractivity contribution in [3.8, 4) is 0 Å². The Kier molecular flexibility index (Phi) is 6.60. The van der Waals surface area contributed by atoms with Crippen molar-refractivity contribution in [2.75, 3.05) is 6.54 Å². The van der Waals surface area contributed by atoms with Crippen LogP contribution in [0.15, 0.2) is 12.8 Å². The molecular weight excluding hydrogens is 234 g/mol. The van der Waals surface area contributed by atoms with Gasteiger partial charge < -0.3 is 4.90 Å². The second-order valence-electron chi connectivity index (χ2n) is 6.59. The molecule has 19 heavy (non-hydrogen) atoms. The fraction of sp³-hybridized carbons (Fsp3) is 0.824. The van der Waals surface area contributed by atoms with E-state index in [0.29, 0.717) is 17.8 Å². The lowest BCUT2D eigenvalue weighted by Gasteiger charge is -2.34. The van der Waals surface area contributed by atoms with Crippen molar-refractivity contribution >= 4 is 5.91 Å². The molecule has 110 valence electrons. The predicted molar refractivity (Wildman–Crippen MR) is 81.8 cm³/mol. The Morgan fingerprint density at radius 3 is 2.68 bits per heavy atom. The van der Waals surface area contributed by atoms with Crippen molar-refractivity contribution in [2.45, 2.75) is 72.1 Å². The van der Waals surface area contributed by atoms with E-state index in [9.17, 15) is 4.79 Å². The van der Waals surface area contributed by atoms with Crippen molar-refractivity contribution in [1.82, 2.24) is 4.90 Å². The molecule has 1 atom stereocenters. The molecule has 1 amide bonds. The molecular formula is C17H31NO. The molecule has 2 heteroatoms. The van der Waals surface area contributed by atoms with Crippen molar-refractivity contribution in [1.29, 1.82) is 0 Å². The lowest BCUT2D eigenvalue weighted by atomic mass is 9.72. The molecule has 1 saturated heterocycles. The molecule has 1 unspecified atom stereocenters. The van der Waals surface area contributed by atoms with E-state index >= 15 is 0 Å². The van der Waals surface area contributed by atoms with Gasteiger partial charge in [0.2, 0.25) is 5.91 Å². The van der Waals surface area contributed by atoms with Crippen LogP contribution in [-0.4, -0.2) is 17.4 Å². The second kappa shape index (κ2) is 7.72. The Bertz CT molecular complexity index is 296. The van der Waals surface area contributed by atoms with Gasteiger partial charge in [-0.05, 0) is 36.8 Å². The quantitative estimate of drug-likeness (QED) is 0.608. The minimum Gasteiger partial charge on any atom is -0.320 e. The monoisotopic (exact) mass is 265 g/mol. The zero-order valence-electron chi connectivity index (χ0n) is 13.1. The lowest BCUT2D eigenvalue weighted by molar-refractivity contribution is -0.128. The molecule has 0 radical (unpaired) electrons. The van der Waals surface area contributed by atoms with Gasteiger partial charge in [0, 0.05) is 13.0 Å². The molecule has 2 nitrogen and oxygen atoms in total. The number of carbonyl (C=O) groups excluding carboxylic acids is 1. The van der Waals surface area contributed by atoms with E-state index in [0.717, 1.165) is 19.4 Å². The normalized spacial score (nSPS) is 21.3. The maximum Gasteiger partial charge on any atom is 0.226 e. The Hall–Kier alpha value is -0.790. The highest BCUT2D eigenvalue weighted by molar-refractivity contribution is 5.77. The highest BCUT2D eigenvalue weighted by atomic mass is 16.2. The third kappa shape index (κ3) is 5.00. The fourth-order valence-electron chi connectivity index (χ4n) is 3.19. The first-order chi connectivity index (χ1) is 9.01. The first kappa shape index (κ1) is 16.3. The molecule has 0 aliphatic carbocycles. The van der Waals surface area contributed by atoms with Gasteiger partial charge in [-0.2, -0.15) is 0 Å². The average Bonchev–Trinajstić information content (AvgIpc) is 2.57. The summed E-state index contributed by atoms with van der Waals surface area (Å²) in [5, 5.41) is 0. The fourth-order valence-corrected chi connectivity index (χ4v) is 3.19. The van der Waals surface area contributed by atoms with Crippen LogP contribution in [-0.2, 0) is 4.79 Å². The maximum absolute atomic E-state index is 11.9. The van der Waals surface area contributed by atoms with Crippen LogP contribution < -0.4 is 0 Å². The minimum atomic E-state index is 0.249. The molecule has 0 saturated carbocycles. The van der Waals surface area contributed by atoms with E-state index in [1.54, 1.807) is 11.1 Å². The zero-order valence-corrected chi connectivity index (χ0v) is 13.1. The van der Waals surface area contributed by atoms with Crippen molar-refractivity contribution in [3.05, 3.63) is 12.8 Å². The van der Waals surface area contributed by atoms with E-state index in [2.05, 4.69) is 27.4 Å². The summed E-state index contributed by atoms with van der Waals surface area (Å²) in [6.45, 7) is 11.6. The summed E-state index contributed by atoms with van der Waals surface area (Å²) in [5.74, 6) is 0.919. The van der Waals surface area contributed by atoms with Crippen LogP contribution in [0.5, 0.6) is 0 Å². The SMILES string of the molecule is C=CN1CCC(C(C)(C)CCCCCC)CCC1=O. The Morgan fingerprint density at radius 1 is 1.32 bits per heavy atom. The Balaban J connectivity index is 2.48. The van der Waals surface area contributed by atoms with Crippen LogP contribution in [0.2, 0.25) is 0 Å². The molecule has 1 fully saturated rings. The third-order valence-corrected chi connectivity index (χ3v) is 4.75. The molecule has 1 aliphatic heterocycles. The van der Waals surface area contributed by atoms with Gasteiger partial charge >= 0.3 is 0 Å². The van der Waals surface area contributed by atoms with Gasteiger partial charge in [-0.1, -0.05) is 53.0 Å². The smallest absolute Gasteiger partial charge is 0.226 e. The summed E-state index contributed by atoms with van der Waals surface area (Å²) in [7, 11) is 0. The first-order valence-electron chi connectivity index (χ1n) is 7.93. The second-order valence-corrected chi connectivity index (χ2v) is 6.59. The van der Waals surface area contributed by atoms with E-state index in [4.69, 9.17) is 0 Å². The number of nitrogens with zero attached hydrogens (tertiary/aromatic N) is 1. The summed E-state index contributed by atoms with van der Waals surface area (Å²) in [4.78, 5) is 13.7. The van der Waals surface area contributed by atoms with Gasteiger partial charge in [0.1, 0.15) is 0 Å². The van der Waals surface area contributed by atoms with Gasteiger partial charge in [0.25, 0.3) is 0 Å². The van der Waals surface area contributed by atoms with Crippen LogP contribution in [0.3, 0.4) is 0 Å². The van der Waals surface area contributed by atoms with Crippen molar-refractivity contribution in [3.63, 3.8) is 0 Å². The van der Waals surface area contributed by atoms with Crippen LogP contribution in [0.1, 0.15) is 72.1 Å². The van der Waals surface area contributed by atoms with Crippen LogP contribution in [0.4, 0.5) is 0 Å². The van der Waals surface area contributed by atoms with E-state index in [-0.39, 0.29) is 5.91 Å². The molecule has 0 spiro atoms. The van der Waals surface area contributed by atoms with Gasteiger partial charge in [-0.25, -0.2) is 0 Å². The molecule has 1 aliphatic rings. The zero-order chi connectivity index (χ0) is 14.3. The molecule has 0 N–H and O–H groups in total. The van der Waals surface area contributed by atoms with Gasteiger partial charge in [0.05, 0.1) is 0 Å². The number of rotatable bonds is 7. The highest BCUT2D eigenvalue weighted by Crippen LogP contribution is 2.39. The predicted octanol–water partition coefficient (Wildman–Crippen LogP) is 4.76. The summed E-state index contributed by atoms with van der Waals surface area (Å²) in [6, 6.07) is 0. The summed E-state index contributed by atoms with van der Waals surface area (Å²) in [5.41, 5.74) is 0.366. The van der Waals surface area contributed by atoms with Crippen LogP contribution in [0, 0.1) is 11.3 Å². The van der Waals surface area contributed by atoms with Gasteiger partial charge in [-0.3, -0.25) is 4.79 Å². The molecule has 0 aromatic carbocycles. The van der Waals surface area contributed by atoms with Gasteiger partial charge in [0.15, 0.2) is 0 Å².